The Morgan fingerprint density at radius 1 is 1.12 bits per heavy atom. The van der Waals surface area contributed by atoms with Crippen molar-refractivity contribution in [2.24, 2.45) is 5.92 Å². The molecule has 3 rings (SSSR count). The largest absolute Gasteiger partial charge is 0.489 e. The fourth-order valence-electron chi connectivity index (χ4n) is 3.20. The van der Waals surface area contributed by atoms with E-state index in [1.165, 1.54) is 11.1 Å². The van der Waals surface area contributed by atoms with Gasteiger partial charge >= 0.3 is 0 Å². The molecule has 1 aliphatic rings. The number of carbonyl (C=O) groups is 1. The van der Waals surface area contributed by atoms with E-state index in [4.69, 9.17) is 4.74 Å². The molecule has 1 heterocycles. The molecule has 0 aromatic heterocycles. The van der Waals surface area contributed by atoms with Gasteiger partial charge in [-0.15, -0.1) is 0 Å². The van der Waals surface area contributed by atoms with Gasteiger partial charge in [0.25, 0.3) is 0 Å². The molecule has 0 spiro atoms. The molecule has 1 fully saturated rings. The lowest BCUT2D eigenvalue weighted by Crippen LogP contribution is -2.32. The van der Waals surface area contributed by atoms with Crippen LogP contribution in [0.3, 0.4) is 0 Å². The van der Waals surface area contributed by atoms with E-state index >= 15 is 0 Å². The molecule has 0 bridgehead atoms. The number of likely N-dealkylation sites (tertiary alicyclic amines) is 1. The van der Waals surface area contributed by atoms with Gasteiger partial charge in [0.05, 0.1) is 5.92 Å². The van der Waals surface area contributed by atoms with Crippen LogP contribution < -0.4 is 10.1 Å². The van der Waals surface area contributed by atoms with E-state index in [9.17, 15) is 4.79 Å². The molecule has 1 saturated heterocycles. The molecule has 0 saturated carbocycles. The summed E-state index contributed by atoms with van der Waals surface area (Å²) in [6, 6.07) is 18.4. The van der Waals surface area contributed by atoms with Gasteiger partial charge in [-0.3, -0.25) is 9.69 Å². The van der Waals surface area contributed by atoms with Crippen molar-refractivity contribution in [1.29, 1.82) is 0 Å². The lowest BCUT2D eigenvalue weighted by molar-refractivity contribution is -0.124. The Labute approximate surface area is 149 Å². The highest BCUT2D eigenvalue weighted by atomic mass is 16.5. The third-order valence-electron chi connectivity index (χ3n) is 4.57. The molecule has 1 amide bonds. The molecule has 25 heavy (non-hydrogen) atoms. The zero-order chi connectivity index (χ0) is 17.5. The second-order valence-corrected chi connectivity index (χ2v) is 6.53. The van der Waals surface area contributed by atoms with Gasteiger partial charge in [0, 0.05) is 19.6 Å². The fraction of sp³-hybridized carbons (Fsp3) is 0.381. The summed E-state index contributed by atoms with van der Waals surface area (Å²) in [4.78, 5) is 14.3. The highest BCUT2D eigenvalue weighted by molar-refractivity contribution is 5.79. The van der Waals surface area contributed by atoms with Crippen LogP contribution in [0.4, 0.5) is 0 Å². The third-order valence-corrected chi connectivity index (χ3v) is 4.57. The van der Waals surface area contributed by atoms with Crippen molar-refractivity contribution in [3.8, 4) is 5.75 Å². The smallest absolute Gasteiger partial charge is 0.224 e. The van der Waals surface area contributed by atoms with E-state index in [1.54, 1.807) is 0 Å². The molecular formula is C21H26N2O2. The Morgan fingerprint density at radius 3 is 2.60 bits per heavy atom. The first-order valence-corrected chi connectivity index (χ1v) is 9.00. The summed E-state index contributed by atoms with van der Waals surface area (Å²) in [7, 11) is 0. The molecule has 0 radical (unpaired) electrons. The number of carbonyl (C=O) groups excluding carboxylic acids is 1. The van der Waals surface area contributed by atoms with Crippen LogP contribution in [0.1, 0.15) is 24.5 Å². The summed E-state index contributed by atoms with van der Waals surface area (Å²) in [5, 5.41) is 2.92. The van der Waals surface area contributed by atoms with Crippen LogP contribution in [0.2, 0.25) is 0 Å². The van der Waals surface area contributed by atoms with Crippen molar-refractivity contribution < 1.29 is 9.53 Å². The molecule has 2 aromatic carbocycles. The van der Waals surface area contributed by atoms with E-state index in [0.29, 0.717) is 13.2 Å². The lowest BCUT2D eigenvalue weighted by Gasteiger charge is -2.16. The van der Waals surface area contributed by atoms with Gasteiger partial charge in [-0.2, -0.15) is 0 Å². The molecule has 132 valence electrons. The van der Waals surface area contributed by atoms with Crippen molar-refractivity contribution in [3.05, 3.63) is 65.7 Å². The molecule has 1 aliphatic heterocycles. The number of nitrogens with zero attached hydrogens (tertiary/aromatic N) is 1. The Balaban J connectivity index is 1.47. The van der Waals surface area contributed by atoms with Crippen molar-refractivity contribution in [2.45, 2.75) is 26.5 Å². The molecule has 1 unspecified atom stereocenters. The molecule has 4 heteroatoms. The summed E-state index contributed by atoms with van der Waals surface area (Å²) in [5.41, 5.74) is 2.42. The Hall–Kier alpha value is -2.33. The normalized spacial score (nSPS) is 17.4. The van der Waals surface area contributed by atoms with Crippen LogP contribution >= 0.6 is 0 Å². The molecule has 1 atom stereocenters. The van der Waals surface area contributed by atoms with Gasteiger partial charge in [-0.25, -0.2) is 0 Å². The van der Waals surface area contributed by atoms with E-state index in [0.717, 1.165) is 31.8 Å². The average Bonchev–Trinajstić information content (AvgIpc) is 3.11. The summed E-state index contributed by atoms with van der Waals surface area (Å²) < 4.78 is 5.83. The summed E-state index contributed by atoms with van der Waals surface area (Å²) in [6.07, 6.45) is 0.949. The summed E-state index contributed by atoms with van der Waals surface area (Å²) in [6.45, 7) is 5.97. The van der Waals surface area contributed by atoms with Crippen LogP contribution in [-0.2, 0) is 17.9 Å². The minimum Gasteiger partial charge on any atom is -0.489 e. The molecule has 2 aromatic rings. The van der Waals surface area contributed by atoms with Gasteiger partial charge in [0.1, 0.15) is 12.4 Å². The number of benzene rings is 2. The first-order chi connectivity index (χ1) is 12.2. The first-order valence-electron chi connectivity index (χ1n) is 9.00. The number of ether oxygens (including phenoxy) is 1. The van der Waals surface area contributed by atoms with E-state index < -0.39 is 0 Å². The standard InChI is InChI=1S/C21H26N2O2/c1-2-22-21(24)19-12-13-23(15-19)14-17-8-10-20(11-9-17)25-16-18-6-4-3-5-7-18/h3-11,19H,2,12-16H2,1H3,(H,22,24). The SMILES string of the molecule is CCNC(=O)C1CCN(Cc2ccc(OCc3ccccc3)cc2)C1. The minimum atomic E-state index is 0.133. The first kappa shape index (κ1) is 17.5. The van der Waals surface area contributed by atoms with E-state index in [2.05, 4.69) is 34.5 Å². The van der Waals surface area contributed by atoms with E-state index in [-0.39, 0.29) is 11.8 Å². The minimum absolute atomic E-state index is 0.133. The number of hydrogen-bond donors (Lipinski definition) is 1. The third kappa shape index (κ3) is 5.07. The lowest BCUT2D eigenvalue weighted by atomic mass is 10.1. The van der Waals surface area contributed by atoms with Crippen molar-refractivity contribution in [3.63, 3.8) is 0 Å². The highest BCUT2D eigenvalue weighted by Crippen LogP contribution is 2.20. The van der Waals surface area contributed by atoms with Crippen LogP contribution in [0.15, 0.2) is 54.6 Å². The van der Waals surface area contributed by atoms with Crippen LogP contribution in [0, 0.1) is 5.92 Å². The fourth-order valence-corrected chi connectivity index (χ4v) is 3.20. The Kier molecular flexibility index (Phi) is 6.07. The van der Waals surface area contributed by atoms with Gasteiger partial charge < -0.3 is 10.1 Å². The monoisotopic (exact) mass is 338 g/mol. The number of nitrogens with one attached hydrogen (secondary N) is 1. The second-order valence-electron chi connectivity index (χ2n) is 6.53. The zero-order valence-electron chi connectivity index (χ0n) is 14.8. The Morgan fingerprint density at radius 2 is 1.88 bits per heavy atom. The number of rotatable bonds is 7. The van der Waals surface area contributed by atoms with Gasteiger partial charge in [0.15, 0.2) is 0 Å². The van der Waals surface area contributed by atoms with Crippen molar-refractivity contribution in [1.82, 2.24) is 10.2 Å². The van der Waals surface area contributed by atoms with E-state index in [1.807, 2.05) is 37.3 Å². The van der Waals surface area contributed by atoms with Crippen LogP contribution in [0.25, 0.3) is 0 Å². The maximum Gasteiger partial charge on any atom is 0.224 e. The van der Waals surface area contributed by atoms with Crippen LogP contribution in [0.5, 0.6) is 5.75 Å². The van der Waals surface area contributed by atoms with Crippen molar-refractivity contribution in [2.75, 3.05) is 19.6 Å². The quantitative estimate of drug-likeness (QED) is 0.843. The average molecular weight is 338 g/mol. The maximum atomic E-state index is 11.9. The molecular weight excluding hydrogens is 312 g/mol. The molecule has 1 N–H and O–H groups in total. The van der Waals surface area contributed by atoms with Gasteiger partial charge in [-0.05, 0) is 43.1 Å². The molecule has 0 aliphatic carbocycles. The summed E-state index contributed by atoms with van der Waals surface area (Å²) in [5.74, 6) is 1.21. The Bertz CT molecular complexity index is 670. The predicted molar refractivity (Wildman–Crippen MR) is 99.3 cm³/mol. The summed E-state index contributed by atoms with van der Waals surface area (Å²) >= 11 is 0. The highest BCUT2D eigenvalue weighted by Gasteiger charge is 2.27. The second kappa shape index (κ2) is 8.67. The van der Waals surface area contributed by atoms with Crippen LogP contribution in [-0.4, -0.2) is 30.4 Å². The number of amides is 1. The zero-order valence-corrected chi connectivity index (χ0v) is 14.8. The van der Waals surface area contributed by atoms with Crippen molar-refractivity contribution >= 4 is 5.91 Å². The number of hydrogen-bond acceptors (Lipinski definition) is 3. The van der Waals surface area contributed by atoms with Gasteiger partial charge in [0.2, 0.25) is 5.91 Å². The predicted octanol–water partition coefficient (Wildman–Crippen LogP) is 3.22. The topological polar surface area (TPSA) is 41.6 Å². The maximum absolute atomic E-state index is 11.9. The molecule has 4 nitrogen and oxygen atoms in total. The van der Waals surface area contributed by atoms with Gasteiger partial charge in [-0.1, -0.05) is 42.5 Å².